The third kappa shape index (κ3) is 6.17. The van der Waals surface area contributed by atoms with Gasteiger partial charge in [0.2, 0.25) is 10.0 Å². The number of hydrogen-bond acceptors (Lipinski definition) is 4. The molecule has 0 heterocycles. The van der Waals surface area contributed by atoms with Crippen LogP contribution in [0.4, 0.5) is 0 Å². The quantitative estimate of drug-likeness (QED) is 0.730. The predicted octanol–water partition coefficient (Wildman–Crippen LogP) is 3.52. The normalized spacial score (nSPS) is 12.3. The summed E-state index contributed by atoms with van der Waals surface area (Å²) in [5.74, 6) is 0.818. The zero-order valence-electron chi connectivity index (χ0n) is 15.1. The van der Waals surface area contributed by atoms with E-state index in [0.717, 1.165) is 16.7 Å². The predicted molar refractivity (Wildman–Crippen MR) is 103 cm³/mol. The molecule has 2 aromatic carbocycles. The van der Waals surface area contributed by atoms with Gasteiger partial charge < -0.3 is 4.74 Å². The van der Waals surface area contributed by atoms with E-state index in [1.165, 1.54) is 0 Å². The Labute approximate surface area is 155 Å². The summed E-state index contributed by atoms with van der Waals surface area (Å²) < 4.78 is 31.7. The summed E-state index contributed by atoms with van der Waals surface area (Å²) in [6.45, 7) is 3.90. The van der Waals surface area contributed by atoms with Gasteiger partial charge in [0.25, 0.3) is 0 Å². The van der Waals surface area contributed by atoms with Crippen LogP contribution >= 0.6 is 0 Å². The van der Waals surface area contributed by atoms with Crippen LogP contribution in [-0.4, -0.2) is 26.8 Å². The van der Waals surface area contributed by atoms with Crippen LogP contribution in [0.5, 0.6) is 5.75 Å². The van der Waals surface area contributed by atoms with Crippen LogP contribution < -0.4 is 9.46 Å². The molecule has 0 amide bonds. The molecule has 2 aromatic rings. The topological polar surface area (TPSA) is 79.2 Å². The number of nitriles is 1. The van der Waals surface area contributed by atoms with E-state index in [0.29, 0.717) is 18.6 Å². The van der Waals surface area contributed by atoms with Gasteiger partial charge in [0, 0.05) is 6.54 Å². The lowest BCUT2D eigenvalue weighted by atomic mass is 10.0. The first-order chi connectivity index (χ1) is 12.4. The maximum atomic E-state index is 11.7. The van der Waals surface area contributed by atoms with Gasteiger partial charge >= 0.3 is 0 Å². The summed E-state index contributed by atoms with van der Waals surface area (Å²) in [5, 5.41) is 8.72. The Balaban J connectivity index is 1.93. The van der Waals surface area contributed by atoms with Gasteiger partial charge in [-0.15, -0.1) is 0 Å². The molecule has 0 aliphatic carbocycles. The van der Waals surface area contributed by atoms with Crippen molar-refractivity contribution in [3.63, 3.8) is 0 Å². The van der Waals surface area contributed by atoms with Crippen LogP contribution in [0.2, 0.25) is 0 Å². The highest BCUT2D eigenvalue weighted by atomic mass is 32.2. The number of nitrogens with one attached hydrogen (secondary N) is 1. The molecule has 1 atom stereocenters. The largest absolute Gasteiger partial charge is 0.489 e. The van der Waals surface area contributed by atoms with Crippen molar-refractivity contribution in [1.29, 1.82) is 5.26 Å². The molecule has 5 nitrogen and oxygen atoms in total. The Hall–Kier alpha value is -2.36. The Bertz CT molecular complexity index is 838. The molecule has 0 saturated carbocycles. The molecule has 0 aromatic heterocycles. The first-order valence-electron chi connectivity index (χ1n) is 8.64. The van der Waals surface area contributed by atoms with E-state index in [-0.39, 0.29) is 18.4 Å². The first-order valence-corrected chi connectivity index (χ1v) is 10.3. The molecule has 1 unspecified atom stereocenters. The van der Waals surface area contributed by atoms with Crippen LogP contribution in [0.1, 0.15) is 25.8 Å². The molecule has 0 radical (unpaired) electrons. The van der Waals surface area contributed by atoms with E-state index in [4.69, 9.17) is 10.00 Å². The second-order valence-corrected chi connectivity index (χ2v) is 8.08. The molecule has 0 spiro atoms. The fourth-order valence-electron chi connectivity index (χ4n) is 2.49. The molecule has 0 saturated heterocycles. The minimum atomic E-state index is -3.22. The van der Waals surface area contributed by atoms with Crippen molar-refractivity contribution in [2.24, 2.45) is 0 Å². The maximum Gasteiger partial charge on any atom is 0.211 e. The zero-order chi connectivity index (χ0) is 19.0. The lowest BCUT2D eigenvalue weighted by molar-refractivity contribution is 0.225. The molecule has 0 bridgehead atoms. The van der Waals surface area contributed by atoms with Crippen LogP contribution in [0.25, 0.3) is 11.1 Å². The molecule has 1 N–H and O–H groups in total. The molecule has 0 aliphatic rings. The van der Waals surface area contributed by atoms with Crippen molar-refractivity contribution in [2.45, 2.75) is 32.8 Å². The summed E-state index contributed by atoms with van der Waals surface area (Å²) in [6, 6.07) is 17.7. The van der Waals surface area contributed by atoms with E-state index < -0.39 is 10.0 Å². The number of benzene rings is 2. The number of rotatable bonds is 9. The van der Waals surface area contributed by atoms with Crippen molar-refractivity contribution in [2.75, 3.05) is 12.3 Å². The highest BCUT2D eigenvalue weighted by Gasteiger charge is 2.11. The molecular formula is C20H24N2O3S. The Morgan fingerprint density at radius 1 is 1.08 bits per heavy atom. The maximum absolute atomic E-state index is 11.7. The van der Waals surface area contributed by atoms with Gasteiger partial charge in [-0.05, 0) is 42.2 Å². The number of sulfonamides is 1. The van der Waals surface area contributed by atoms with Crippen molar-refractivity contribution < 1.29 is 13.2 Å². The fraction of sp³-hybridized carbons (Fsp3) is 0.350. The average Bonchev–Trinajstić information content (AvgIpc) is 2.62. The Morgan fingerprint density at radius 2 is 1.65 bits per heavy atom. The lowest BCUT2D eigenvalue weighted by Crippen LogP contribution is -2.34. The Kier molecular flexibility index (Phi) is 7.19. The average molecular weight is 372 g/mol. The van der Waals surface area contributed by atoms with Crippen LogP contribution in [0, 0.1) is 11.3 Å². The minimum absolute atomic E-state index is 0.127. The summed E-state index contributed by atoms with van der Waals surface area (Å²) in [7, 11) is -3.22. The van der Waals surface area contributed by atoms with Gasteiger partial charge in [-0.1, -0.05) is 43.3 Å². The SMILES string of the molecule is CCCS(=O)(=O)NCC(C)Oc1ccc(-c2ccc(CC#N)cc2)cc1. The number of hydrogen-bond donors (Lipinski definition) is 1. The van der Waals surface area contributed by atoms with Gasteiger partial charge in [0.1, 0.15) is 11.9 Å². The fourth-order valence-corrected chi connectivity index (χ4v) is 3.66. The molecule has 0 fully saturated rings. The van der Waals surface area contributed by atoms with Gasteiger partial charge in [-0.25, -0.2) is 13.1 Å². The zero-order valence-corrected chi connectivity index (χ0v) is 15.9. The molecular weight excluding hydrogens is 348 g/mol. The first kappa shape index (κ1) is 20.0. The molecule has 2 rings (SSSR count). The highest BCUT2D eigenvalue weighted by Crippen LogP contribution is 2.23. The van der Waals surface area contributed by atoms with E-state index >= 15 is 0 Å². The molecule has 6 heteroatoms. The van der Waals surface area contributed by atoms with E-state index in [1.54, 1.807) is 0 Å². The van der Waals surface area contributed by atoms with Crippen LogP contribution in [0.15, 0.2) is 48.5 Å². The Morgan fingerprint density at radius 3 is 2.19 bits per heavy atom. The second kappa shape index (κ2) is 9.37. The lowest BCUT2D eigenvalue weighted by Gasteiger charge is -2.16. The van der Waals surface area contributed by atoms with E-state index in [9.17, 15) is 8.42 Å². The third-order valence-corrected chi connectivity index (χ3v) is 5.38. The van der Waals surface area contributed by atoms with Crippen molar-refractivity contribution >= 4 is 10.0 Å². The van der Waals surface area contributed by atoms with Gasteiger partial charge in [0.05, 0.1) is 18.2 Å². The summed E-state index contributed by atoms with van der Waals surface area (Å²) in [4.78, 5) is 0. The summed E-state index contributed by atoms with van der Waals surface area (Å²) in [6.07, 6.45) is 0.731. The van der Waals surface area contributed by atoms with Gasteiger partial charge in [-0.2, -0.15) is 5.26 Å². The van der Waals surface area contributed by atoms with Crippen molar-refractivity contribution in [3.05, 3.63) is 54.1 Å². The van der Waals surface area contributed by atoms with Crippen LogP contribution in [0.3, 0.4) is 0 Å². The second-order valence-electron chi connectivity index (χ2n) is 6.15. The van der Waals surface area contributed by atoms with E-state index in [1.807, 2.05) is 62.4 Å². The van der Waals surface area contributed by atoms with Gasteiger partial charge in [0.15, 0.2) is 0 Å². The molecule has 0 aliphatic heterocycles. The third-order valence-electron chi connectivity index (χ3n) is 3.83. The smallest absolute Gasteiger partial charge is 0.211 e. The van der Waals surface area contributed by atoms with Crippen LogP contribution in [-0.2, 0) is 16.4 Å². The monoisotopic (exact) mass is 372 g/mol. The summed E-state index contributed by atoms with van der Waals surface area (Å²) >= 11 is 0. The van der Waals surface area contributed by atoms with Gasteiger partial charge in [-0.3, -0.25) is 0 Å². The standard InChI is InChI=1S/C20H24N2O3S/c1-3-14-26(23,24)22-15-16(2)25-20-10-8-19(9-11-20)18-6-4-17(5-7-18)12-13-21/h4-11,16,22H,3,12,14-15H2,1-2H3. The number of ether oxygens (including phenoxy) is 1. The van der Waals surface area contributed by atoms with Crippen molar-refractivity contribution in [3.8, 4) is 22.9 Å². The molecule has 26 heavy (non-hydrogen) atoms. The van der Waals surface area contributed by atoms with Crippen molar-refractivity contribution in [1.82, 2.24) is 4.72 Å². The molecule has 138 valence electrons. The number of nitrogens with zero attached hydrogens (tertiary/aromatic N) is 1. The minimum Gasteiger partial charge on any atom is -0.489 e. The highest BCUT2D eigenvalue weighted by molar-refractivity contribution is 7.89. The van der Waals surface area contributed by atoms with E-state index in [2.05, 4.69) is 10.8 Å². The summed E-state index contributed by atoms with van der Waals surface area (Å²) in [5.41, 5.74) is 3.12.